The molecule has 0 saturated carbocycles. The molecule has 0 aliphatic carbocycles. The first-order valence-electron chi connectivity index (χ1n) is 5.97. The van der Waals surface area contributed by atoms with Gasteiger partial charge in [-0.15, -0.1) is 5.10 Å². The van der Waals surface area contributed by atoms with Gasteiger partial charge in [0.15, 0.2) is 0 Å². The van der Waals surface area contributed by atoms with Gasteiger partial charge in [-0.3, -0.25) is 4.90 Å². The first-order valence-corrected chi connectivity index (χ1v) is 7.69. The minimum Gasteiger partial charge on any atom is -0.368 e. The van der Waals surface area contributed by atoms with Gasteiger partial charge < -0.3 is 4.74 Å². The maximum atomic E-state index is 6.02. The second-order valence-electron chi connectivity index (χ2n) is 4.57. The van der Waals surface area contributed by atoms with E-state index in [1.165, 1.54) is 22.0 Å². The fourth-order valence-corrected chi connectivity index (χ4v) is 3.52. The fourth-order valence-electron chi connectivity index (χ4n) is 2.29. The number of rotatable bonds is 3. The molecule has 1 aliphatic heterocycles. The molecule has 0 amide bonds. The number of aromatic nitrogens is 2. The molecule has 1 fully saturated rings. The van der Waals surface area contributed by atoms with Crippen molar-refractivity contribution < 1.29 is 4.74 Å². The van der Waals surface area contributed by atoms with Gasteiger partial charge in [0.1, 0.15) is 0 Å². The maximum absolute atomic E-state index is 6.02. The number of nitrogens with zero attached hydrogens (tertiary/aromatic N) is 3. The van der Waals surface area contributed by atoms with E-state index in [0.717, 1.165) is 19.6 Å². The van der Waals surface area contributed by atoms with Crippen molar-refractivity contribution in [3.05, 3.63) is 33.5 Å². The van der Waals surface area contributed by atoms with Gasteiger partial charge in [-0.25, -0.2) is 0 Å². The maximum Gasteiger partial charge on any atom is 0.0964 e. The highest BCUT2D eigenvalue weighted by Crippen LogP contribution is 2.27. The van der Waals surface area contributed by atoms with Gasteiger partial charge in [0, 0.05) is 19.6 Å². The van der Waals surface area contributed by atoms with Crippen LogP contribution in [0.5, 0.6) is 0 Å². The molecule has 6 heteroatoms. The van der Waals surface area contributed by atoms with Crippen LogP contribution in [0.15, 0.2) is 23.0 Å². The van der Waals surface area contributed by atoms with E-state index in [1.54, 1.807) is 11.3 Å². The molecule has 3 rings (SSSR count). The van der Waals surface area contributed by atoms with Crippen molar-refractivity contribution in [1.82, 2.24) is 14.5 Å². The molecule has 0 unspecified atom stereocenters. The van der Waals surface area contributed by atoms with E-state index < -0.39 is 0 Å². The molecule has 2 aromatic rings. The lowest BCUT2D eigenvalue weighted by Gasteiger charge is -2.36. The van der Waals surface area contributed by atoms with Crippen molar-refractivity contribution in [2.75, 3.05) is 13.1 Å². The van der Waals surface area contributed by atoms with Gasteiger partial charge in [-0.2, -0.15) is 11.3 Å². The molecule has 2 aromatic heterocycles. The summed E-state index contributed by atoms with van der Waals surface area (Å²) >= 11 is 3.20. The average Bonchev–Trinajstić information content (AvgIpc) is 3.00. The molecule has 3 heterocycles. The predicted molar refractivity (Wildman–Crippen MR) is 72.8 cm³/mol. The Hall–Kier alpha value is -0.820. The Morgan fingerprint density at radius 1 is 1.50 bits per heavy atom. The molecular weight excluding hydrogens is 266 g/mol. The van der Waals surface area contributed by atoms with E-state index in [2.05, 4.69) is 38.2 Å². The highest BCUT2D eigenvalue weighted by molar-refractivity contribution is 7.08. The molecule has 0 radical (unpaired) electrons. The topological polar surface area (TPSA) is 38.2 Å². The van der Waals surface area contributed by atoms with E-state index in [-0.39, 0.29) is 12.2 Å². The first-order chi connectivity index (χ1) is 8.81. The summed E-state index contributed by atoms with van der Waals surface area (Å²) in [7, 11) is 0. The van der Waals surface area contributed by atoms with E-state index in [1.807, 2.05) is 6.20 Å². The second kappa shape index (κ2) is 5.44. The van der Waals surface area contributed by atoms with Gasteiger partial charge in [0.05, 0.1) is 23.3 Å². The van der Waals surface area contributed by atoms with E-state index in [9.17, 15) is 0 Å². The molecule has 1 aliphatic rings. The summed E-state index contributed by atoms with van der Waals surface area (Å²) in [4.78, 5) is 3.64. The van der Waals surface area contributed by atoms with Crippen LogP contribution < -0.4 is 0 Å². The molecule has 96 valence electrons. The zero-order valence-corrected chi connectivity index (χ0v) is 11.8. The zero-order valence-electron chi connectivity index (χ0n) is 10.2. The molecule has 2 atom stereocenters. The van der Waals surface area contributed by atoms with Crippen LogP contribution >= 0.6 is 22.9 Å². The van der Waals surface area contributed by atoms with Crippen LogP contribution in [0.4, 0.5) is 0 Å². The van der Waals surface area contributed by atoms with Crippen LogP contribution in [0.3, 0.4) is 0 Å². The minimum absolute atomic E-state index is 0.195. The summed E-state index contributed by atoms with van der Waals surface area (Å²) in [6.45, 7) is 4.97. The Kier molecular flexibility index (Phi) is 3.69. The van der Waals surface area contributed by atoms with Crippen LogP contribution in [0.25, 0.3) is 0 Å². The van der Waals surface area contributed by atoms with Gasteiger partial charge in [0.25, 0.3) is 0 Å². The van der Waals surface area contributed by atoms with Crippen molar-refractivity contribution in [3.63, 3.8) is 0 Å². The SMILES string of the molecule is C[C@@H]1CN(Cc2cnns2)C[C@@H](c2ccsc2)O1. The standard InChI is InChI=1S/C12H15N3OS2/c1-9-5-15(6-11-4-13-14-18-11)7-12(16-9)10-2-3-17-8-10/h2-4,8-9,12H,5-7H2,1H3/t9-,12+/m1/s1. The quantitative estimate of drug-likeness (QED) is 0.866. The summed E-state index contributed by atoms with van der Waals surface area (Å²) < 4.78 is 9.93. The van der Waals surface area contributed by atoms with Crippen molar-refractivity contribution in [1.29, 1.82) is 0 Å². The predicted octanol–water partition coefficient (Wildman–Crippen LogP) is 2.56. The summed E-state index contributed by atoms with van der Waals surface area (Å²) in [6.07, 6.45) is 2.31. The van der Waals surface area contributed by atoms with Crippen molar-refractivity contribution >= 4 is 22.9 Å². The summed E-state index contributed by atoms with van der Waals surface area (Å²) in [5.74, 6) is 0. The molecule has 0 spiro atoms. The van der Waals surface area contributed by atoms with E-state index >= 15 is 0 Å². The Balaban J connectivity index is 1.69. The van der Waals surface area contributed by atoms with Crippen LogP contribution in [-0.2, 0) is 11.3 Å². The van der Waals surface area contributed by atoms with Gasteiger partial charge in [0.2, 0.25) is 0 Å². The molecule has 0 bridgehead atoms. The number of thiophene rings is 1. The number of hydrogen-bond acceptors (Lipinski definition) is 6. The van der Waals surface area contributed by atoms with Gasteiger partial charge in [-0.05, 0) is 40.8 Å². The number of morpholine rings is 1. The van der Waals surface area contributed by atoms with Gasteiger partial charge >= 0.3 is 0 Å². The van der Waals surface area contributed by atoms with Gasteiger partial charge in [-0.1, -0.05) is 4.49 Å². The lowest BCUT2D eigenvalue weighted by Crippen LogP contribution is -2.42. The summed E-state index contributed by atoms with van der Waals surface area (Å²) in [5, 5.41) is 8.17. The van der Waals surface area contributed by atoms with Crippen molar-refractivity contribution in [2.24, 2.45) is 0 Å². The third-order valence-electron chi connectivity index (χ3n) is 3.04. The van der Waals surface area contributed by atoms with Crippen molar-refractivity contribution in [2.45, 2.75) is 25.7 Å². The largest absolute Gasteiger partial charge is 0.368 e. The Morgan fingerprint density at radius 2 is 2.44 bits per heavy atom. The van der Waals surface area contributed by atoms with Crippen LogP contribution in [0, 0.1) is 0 Å². The summed E-state index contributed by atoms with van der Waals surface area (Å²) in [5.41, 5.74) is 1.29. The molecule has 0 N–H and O–H groups in total. The Labute approximate surface area is 114 Å². The van der Waals surface area contributed by atoms with Crippen LogP contribution in [-0.4, -0.2) is 33.7 Å². The lowest BCUT2D eigenvalue weighted by atomic mass is 10.1. The Morgan fingerprint density at radius 3 is 3.17 bits per heavy atom. The first kappa shape index (κ1) is 12.2. The fraction of sp³-hybridized carbons (Fsp3) is 0.500. The Bertz CT molecular complexity index is 471. The molecular formula is C12H15N3OS2. The molecule has 1 saturated heterocycles. The molecule has 0 aromatic carbocycles. The van der Waals surface area contributed by atoms with Crippen LogP contribution in [0.2, 0.25) is 0 Å². The zero-order chi connectivity index (χ0) is 12.4. The van der Waals surface area contributed by atoms with Crippen LogP contribution in [0.1, 0.15) is 23.5 Å². The molecule has 18 heavy (non-hydrogen) atoms. The van der Waals surface area contributed by atoms with E-state index in [0.29, 0.717) is 0 Å². The average molecular weight is 281 g/mol. The third kappa shape index (κ3) is 2.77. The van der Waals surface area contributed by atoms with E-state index in [4.69, 9.17) is 4.74 Å². The highest BCUT2D eigenvalue weighted by Gasteiger charge is 2.26. The second-order valence-corrected chi connectivity index (χ2v) is 6.22. The molecule has 4 nitrogen and oxygen atoms in total. The normalized spacial score (nSPS) is 25.4. The minimum atomic E-state index is 0.195. The third-order valence-corrected chi connectivity index (χ3v) is 4.38. The van der Waals surface area contributed by atoms with Crippen molar-refractivity contribution in [3.8, 4) is 0 Å². The number of ether oxygens (including phenoxy) is 1. The number of hydrogen-bond donors (Lipinski definition) is 0. The highest BCUT2D eigenvalue weighted by atomic mass is 32.1. The smallest absolute Gasteiger partial charge is 0.0964 e. The summed E-state index contributed by atoms with van der Waals surface area (Å²) in [6, 6.07) is 2.15. The lowest BCUT2D eigenvalue weighted by molar-refractivity contribution is -0.0810. The monoisotopic (exact) mass is 281 g/mol.